The number of anilines is 1. The van der Waals surface area contributed by atoms with E-state index >= 15 is 0 Å². The Morgan fingerprint density at radius 2 is 2.00 bits per heavy atom. The predicted molar refractivity (Wildman–Crippen MR) is 81.8 cm³/mol. The average Bonchev–Trinajstić information content (AvgIpc) is 2.33. The number of hydrogen-bond donors (Lipinski definition) is 3. The van der Waals surface area contributed by atoms with Crippen molar-refractivity contribution in [3.8, 4) is 5.75 Å². The number of para-hydroxylation sites is 1. The second-order valence-corrected chi connectivity index (χ2v) is 7.12. The van der Waals surface area contributed by atoms with Crippen LogP contribution in [0.25, 0.3) is 0 Å². The highest BCUT2D eigenvalue weighted by molar-refractivity contribution is 7.88. The lowest BCUT2D eigenvalue weighted by Gasteiger charge is -2.25. The summed E-state index contributed by atoms with van der Waals surface area (Å²) < 4.78 is 30.0. The van der Waals surface area contributed by atoms with Crippen molar-refractivity contribution < 1.29 is 17.9 Å². The first-order chi connectivity index (χ1) is 9.56. The molecule has 1 amide bonds. The molecule has 1 aromatic carbocycles. The zero-order valence-electron chi connectivity index (χ0n) is 12.6. The zero-order valence-corrected chi connectivity index (χ0v) is 13.4. The lowest BCUT2D eigenvalue weighted by Crippen LogP contribution is -2.51. The van der Waals surface area contributed by atoms with Gasteiger partial charge in [-0.05, 0) is 26.0 Å². The minimum absolute atomic E-state index is 0.122. The van der Waals surface area contributed by atoms with Gasteiger partial charge in [-0.15, -0.1) is 0 Å². The van der Waals surface area contributed by atoms with Crippen molar-refractivity contribution in [3.05, 3.63) is 23.8 Å². The van der Waals surface area contributed by atoms with E-state index in [1.165, 1.54) is 7.11 Å². The predicted octanol–water partition coefficient (Wildman–Crippen LogP) is 0.335. The lowest BCUT2D eigenvalue weighted by molar-refractivity contribution is 0.0941. The van der Waals surface area contributed by atoms with Crippen molar-refractivity contribution in [1.82, 2.24) is 10.0 Å². The fourth-order valence-electron chi connectivity index (χ4n) is 1.90. The van der Waals surface area contributed by atoms with Crippen LogP contribution < -0.4 is 20.5 Å². The van der Waals surface area contributed by atoms with Crippen LogP contribution in [0.15, 0.2) is 18.2 Å². The summed E-state index contributed by atoms with van der Waals surface area (Å²) >= 11 is 0. The van der Waals surface area contributed by atoms with Gasteiger partial charge in [0.05, 0.1) is 24.6 Å². The van der Waals surface area contributed by atoms with Crippen molar-refractivity contribution in [1.29, 1.82) is 0 Å². The Labute approximate surface area is 124 Å². The third-order valence-electron chi connectivity index (χ3n) is 2.65. The Morgan fingerprint density at radius 1 is 1.38 bits per heavy atom. The second kappa shape index (κ2) is 6.31. The minimum atomic E-state index is -3.36. The molecule has 0 heterocycles. The van der Waals surface area contributed by atoms with Gasteiger partial charge in [-0.25, -0.2) is 13.1 Å². The van der Waals surface area contributed by atoms with Gasteiger partial charge in [0.25, 0.3) is 5.91 Å². The number of rotatable bonds is 6. The molecule has 0 saturated heterocycles. The smallest absolute Gasteiger partial charge is 0.255 e. The minimum Gasteiger partial charge on any atom is -0.494 e. The SMILES string of the molecule is COc1c(N)cccc1C(=O)NCC(C)(C)NS(C)(=O)=O. The number of methoxy groups -OCH3 is 1. The van der Waals surface area contributed by atoms with Gasteiger partial charge in [0.15, 0.2) is 5.75 Å². The maximum atomic E-state index is 12.2. The summed E-state index contributed by atoms with van der Waals surface area (Å²) in [5, 5.41) is 2.66. The number of benzene rings is 1. The van der Waals surface area contributed by atoms with Crippen LogP contribution in [0.2, 0.25) is 0 Å². The summed E-state index contributed by atoms with van der Waals surface area (Å²) in [5.74, 6) is -0.0913. The average molecular weight is 315 g/mol. The molecule has 0 atom stereocenters. The van der Waals surface area contributed by atoms with E-state index in [4.69, 9.17) is 10.5 Å². The molecule has 0 aliphatic rings. The molecule has 8 heteroatoms. The summed E-state index contributed by atoms with van der Waals surface area (Å²) in [4.78, 5) is 12.2. The first kappa shape index (κ1) is 17.3. The van der Waals surface area contributed by atoms with Gasteiger partial charge in [-0.1, -0.05) is 6.07 Å². The summed E-state index contributed by atoms with van der Waals surface area (Å²) in [6, 6.07) is 4.86. The maximum Gasteiger partial charge on any atom is 0.255 e. The Balaban J connectivity index is 2.81. The molecule has 1 rings (SSSR count). The van der Waals surface area contributed by atoms with Crippen LogP contribution in [0, 0.1) is 0 Å². The van der Waals surface area contributed by atoms with E-state index in [0.717, 1.165) is 6.26 Å². The number of nitrogen functional groups attached to an aromatic ring is 1. The standard InChI is InChI=1S/C13H21N3O4S/c1-13(2,16-21(4,18)19)8-15-12(17)9-6-5-7-10(14)11(9)20-3/h5-7,16H,8,14H2,1-4H3,(H,15,17). The van der Waals surface area contributed by atoms with Gasteiger partial charge in [-0.3, -0.25) is 4.79 Å². The highest BCUT2D eigenvalue weighted by atomic mass is 32.2. The molecule has 21 heavy (non-hydrogen) atoms. The molecule has 0 aromatic heterocycles. The molecular formula is C13H21N3O4S. The van der Waals surface area contributed by atoms with E-state index in [0.29, 0.717) is 17.0 Å². The summed E-state index contributed by atoms with van der Waals surface area (Å²) in [5.41, 5.74) is 5.59. The second-order valence-electron chi connectivity index (χ2n) is 5.37. The van der Waals surface area contributed by atoms with Gasteiger partial charge in [0.1, 0.15) is 0 Å². The Hall–Kier alpha value is -1.80. The molecule has 0 spiro atoms. The van der Waals surface area contributed by atoms with Crippen LogP contribution >= 0.6 is 0 Å². The number of sulfonamides is 1. The van der Waals surface area contributed by atoms with Gasteiger partial charge < -0.3 is 15.8 Å². The molecule has 7 nitrogen and oxygen atoms in total. The fourth-order valence-corrected chi connectivity index (χ4v) is 2.97. The molecule has 0 bridgehead atoms. The molecule has 0 saturated carbocycles. The highest BCUT2D eigenvalue weighted by Crippen LogP contribution is 2.25. The number of ether oxygens (including phenoxy) is 1. The topological polar surface area (TPSA) is 111 Å². The number of nitrogens with two attached hydrogens (primary N) is 1. The van der Waals surface area contributed by atoms with E-state index < -0.39 is 15.6 Å². The largest absolute Gasteiger partial charge is 0.494 e. The normalized spacial score (nSPS) is 12.0. The van der Waals surface area contributed by atoms with Gasteiger partial charge >= 0.3 is 0 Å². The lowest BCUT2D eigenvalue weighted by atomic mass is 10.1. The van der Waals surface area contributed by atoms with Crippen LogP contribution in [-0.2, 0) is 10.0 Å². The van der Waals surface area contributed by atoms with Crippen LogP contribution in [0.3, 0.4) is 0 Å². The molecule has 0 fully saturated rings. The number of carbonyl (C=O) groups is 1. The van der Waals surface area contributed by atoms with Gasteiger partial charge in [0.2, 0.25) is 10.0 Å². The Bertz CT molecular complexity index is 626. The number of nitrogens with one attached hydrogen (secondary N) is 2. The van der Waals surface area contributed by atoms with Crippen molar-refractivity contribution in [2.24, 2.45) is 0 Å². The first-order valence-electron chi connectivity index (χ1n) is 6.25. The maximum absolute atomic E-state index is 12.2. The number of carbonyl (C=O) groups excluding carboxylic acids is 1. The molecular weight excluding hydrogens is 294 g/mol. The Morgan fingerprint density at radius 3 is 2.52 bits per heavy atom. The van der Waals surface area contributed by atoms with Crippen LogP contribution in [0.5, 0.6) is 5.75 Å². The van der Waals surface area contributed by atoms with Crippen molar-refractivity contribution in [2.45, 2.75) is 19.4 Å². The monoisotopic (exact) mass is 315 g/mol. The molecule has 0 aliphatic heterocycles. The molecule has 1 aromatic rings. The van der Waals surface area contributed by atoms with E-state index in [2.05, 4.69) is 10.0 Å². The first-order valence-corrected chi connectivity index (χ1v) is 8.14. The third-order valence-corrected chi connectivity index (χ3v) is 3.57. The van der Waals surface area contributed by atoms with Crippen molar-refractivity contribution >= 4 is 21.6 Å². The van der Waals surface area contributed by atoms with Crippen molar-refractivity contribution in [3.63, 3.8) is 0 Å². The van der Waals surface area contributed by atoms with E-state index in [9.17, 15) is 13.2 Å². The summed E-state index contributed by atoms with van der Waals surface area (Å²) in [6.45, 7) is 3.46. The summed E-state index contributed by atoms with van der Waals surface area (Å²) in [6.07, 6.45) is 1.07. The van der Waals surface area contributed by atoms with E-state index in [1.54, 1.807) is 32.0 Å². The highest BCUT2D eigenvalue weighted by Gasteiger charge is 2.24. The van der Waals surface area contributed by atoms with Gasteiger partial charge in [0, 0.05) is 12.1 Å². The van der Waals surface area contributed by atoms with Crippen LogP contribution in [0.4, 0.5) is 5.69 Å². The number of hydrogen-bond acceptors (Lipinski definition) is 5. The molecule has 118 valence electrons. The van der Waals surface area contributed by atoms with Crippen LogP contribution in [0.1, 0.15) is 24.2 Å². The molecule has 0 unspecified atom stereocenters. The summed E-state index contributed by atoms with van der Waals surface area (Å²) in [7, 11) is -1.93. The van der Waals surface area contributed by atoms with Crippen LogP contribution in [-0.4, -0.2) is 39.8 Å². The molecule has 0 radical (unpaired) electrons. The Kier molecular flexibility index (Phi) is 5.19. The quantitative estimate of drug-likeness (QED) is 0.655. The third kappa shape index (κ3) is 5.24. The van der Waals surface area contributed by atoms with Crippen molar-refractivity contribution in [2.75, 3.05) is 25.6 Å². The van der Waals surface area contributed by atoms with E-state index in [1.807, 2.05) is 0 Å². The zero-order chi connectivity index (χ0) is 16.3. The molecule has 4 N–H and O–H groups in total. The van der Waals surface area contributed by atoms with Gasteiger partial charge in [-0.2, -0.15) is 0 Å². The fraction of sp³-hybridized carbons (Fsp3) is 0.462. The van der Waals surface area contributed by atoms with E-state index in [-0.39, 0.29) is 12.5 Å². The molecule has 0 aliphatic carbocycles. The number of amides is 1.